The van der Waals surface area contributed by atoms with Crippen molar-refractivity contribution in [2.75, 3.05) is 0 Å². The molecule has 19 heavy (non-hydrogen) atoms. The summed E-state index contributed by atoms with van der Waals surface area (Å²) in [6.45, 7) is 6.28. The van der Waals surface area contributed by atoms with Crippen molar-refractivity contribution >= 4 is 0 Å². The molecule has 0 saturated carbocycles. The largest absolute Gasteiger partial charge is 0.439 e. The Morgan fingerprint density at radius 1 is 1.21 bits per heavy atom. The molecule has 0 radical (unpaired) electrons. The zero-order valence-electron chi connectivity index (χ0n) is 11.3. The van der Waals surface area contributed by atoms with Crippen molar-refractivity contribution in [3.63, 3.8) is 0 Å². The maximum Gasteiger partial charge on any atom is 0.220 e. The van der Waals surface area contributed by atoms with Crippen molar-refractivity contribution in [3.05, 3.63) is 53.2 Å². The highest BCUT2D eigenvalue weighted by Crippen LogP contribution is 2.27. The molecule has 0 saturated heterocycles. The predicted molar refractivity (Wildman–Crippen MR) is 74.3 cm³/mol. The minimum Gasteiger partial charge on any atom is -0.439 e. The molecular weight excluding hydrogens is 236 g/mol. The van der Waals surface area contributed by atoms with Gasteiger partial charge >= 0.3 is 0 Å². The van der Waals surface area contributed by atoms with Crippen molar-refractivity contribution in [2.45, 2.75) is 26.7 Å². The van der Waals surface area contributed by atoms with E-state index in [1.807, 2.05) is 25.1 Å². The molecule has 0 amide bonds. The van der Waals surface area contributed by atoms with Crippen molar-refractivity contribution in [2.24, 2.45) is 0 Å². The summed E-state index contributed by atoms with van der Waals surface area (Å²) in [7, 11) is 0. The molecule has 0 aliphatic rings. The van der Waals surface area contributed by atoms with E-state index in [9.17, 15) is 0 Å². The minimum absolute atomic E-state index is 0.357. The van der Waals surface area contributed by atoms with Crippen LogP contribution in [0.3, 0.4) is 0 Å². The highest BCUT2D eigenvalue weighted by Gasteiger charge is 2.07. The molecule has 0 aliphatic heterocycles. The van der Waals surface area contributed by atoms with Gasteiger partial charge in [-0.25, -0.2) is 4.98 Å². The number of benzene rings is 1. The fourth-order valence-corrected chi connectivity index (χ4v) is 1.73. The fourth-order valence-electron chi connectivity index (χ4n) is 1.73. The van der Waals surface area contributed by atoms with Gasteiger partial charge in [0, 0.05) is 6.07 Å². The van der Waals surface area contributed by atoms with Crippen LogP contribution in [0.25, 0.3) is 0 Å². The number of hydrogen-bond acceptors (Lipinski definition) is 3. The number of ether oxygens (including phenoxy) is 1. The third-order valence-electron chi connectivity index (χ3n) is 2.93. The van der Waals surface area contributed by atoms with Gasteiger partial charge in [-0.05, 0) is 36.1 Å². The Labute approximate surface area is 113 Å². The Bertz CT molecular complexity index is 627. The normalized spacial score (nSPS) is 10.3. The second kappa shape index (κ2) is 5.53. The van der Waals surface area contributed by atoms with Crippen molar-refractivity contribution in [1.29, 1.82) is 5.26 Å². The van der Waals surface area contributed by atoms with Gasteiger partial charge in [0.2, 0.25) is 5.88 Å². The number of nitrogens with zero attached hydrogens (tertiary/aromatic N) is 2. The third kappa shape index (κ3) is 3.11. The van der Waals surface area contributed by atoms with Crippen molar-refractivity contribution in [3.8, 4) is 17.7 Å². The second-order valence-electron chi connectivity index (χ2n) is 4.75. The summed E-state index contributed by atoms with van der Waals surface area (Å²) in [5, 5.41) is 8.83. The zero-order valence-corrected chi connectivity index (χ0v) is 11.3. The first kappa shape index (κ1) is 13.1. The van der Waals surface area contributed by atoms with Gasteiger partial charge in [0.1, 0.15) is 17.5 Å². The van der Waals surface area contributed by atoms with Crippen molar-refractivity contribution < 1.29 is 4.74 Å². The monoisotopic (exact) mass is 252 g/mol. The zero-order chi connectivity index (χ0) is 13.8. The van der Waals surface area contributed by atoms with Crippen molar-refractivity contribution in [1.82, 2.24) is 4.98 Å². The van der Waals surface area contributed by atoms with Crippen LogP contribution in [0.5, 0.6) is 11.6 Å². The average Bonchev–Trinajstić information content (AvgIpc) is 2.41. The van der Waals surface area contributed by atoms with Crippen LogP contribution in [0.2, 0.25) is 0 Å². The van der Waals surface area contributed by atoms with E-state index in [0.717, 1.165) is 11.3 Å². The first-order valence-electron chi connectivity index (χ1n) is 6.25. The van der Waals surface area contributed by atoms with Crippen LogP contribution in [0.1, 0.15) is 36.6 Å². The van der Waals surface area contributed by atoms with Crippen LogP contribution in [0, 0.1) is 18.3 Å². The van der Waals surface area contributed by atoms with Gasteiger partial charge in [0.15, 0.2) is 0 Å². The van der Waals surface area contributed by atoms with Gasteiger partial charge < -0.3 is 4.74 Å². The van der Waals surface area contributed by atoms with Crippen LogP contribution < -0.4 is 4.74 Å². The molecule has 0 spiro atoms. The lowest BCUT2D eigenvalue weighted by Crippen LogP contribution is -1.94. The summed E-state index contributed by atoms with van der Waals surface area (Å²) in [4.78, 5) is 4.12. The summed E-state index contributed by atoms with van der Waals surface area (Å²) in [6, 6.07) is 13.4. The number of nitriles is 1. The summed E-state index contributed by atoms with van der Waals surface area (Å²) in [6.07, 6.45) is 0. The fraction of sp³-hybridized carbons (Fsp3) is 0.250. The van der Waals surface area contributed by atoms with E-state index in [0.29, 0.717) is 17.5 Å². The lowest BCUT2D eigenvalue weighted by atomic mass is 10.0. The SMILES string of the molecule is Cc1ccc(C(C)C)cc1Oc1cccc(C#N)n1. The maximum absolute atomic E-state index is 8.83. The Kier molecular flexibility index (Phi) is 3.82. The first-order valence-corrected chi connectivity index (χ1v) is 6.25. The number of aromatic nitrogens is 1. The van der Waals surface area contributed by atoms with Gasteiger partial charge in [0.05, 0.1) is 0 Å². The molecule has 0 fully saturated rings. The summed E-state index contributed by atoms with van der Waals surface area (Å²) < 4.78 is 5.78. The molecule has 0 atom stereocenters. The topological polar surface area (TPSA) is 45.9 Å². The standard InChI is InChI=1S/C16H16N2O/c1-11(2)13-8-7-12(3)15(9-13)19-16-6-4-5-14(10-17)18-16/h4-9,11H,1-3H3. The van der Waals surface area contributed by atoms with Gasteiger partial charge in [0.25, 0.3) is 0 Å². The van der Waals surface area contributed by atoms with Gasteiger partial charge in [-0.15, -0.1) is 0 Å². The summed E-state index contributed by atoms with van der Waals surface area (Å²) in [5.74, 6) is 1.68. The van der Waals surface area contributed by atoms with Gasteiger partial charge in [-0.1, -0.05) is 32.0 Å². The second-order valence-corrected chi connectivity index (χ2v) is 4.75. The van der Waals surface area contributed by atoms with E-state index < -0.39 is 0 Å². The molecule has 3 heteroatoms. The van der Waals surface area contributed by atoms with Crippen LogP contribution in [0.15, 0.2) is 36.4 Å². The number of aryl methyl sites for hydroxylation is 1. The summed E-state index contributed by atoms with van der Waals surface area (Å²) >= 11 is 0. The van der Waals surface area contributed by atoms with Crippen LogP contribution in [0.4, 0.5) is 0 Å². The third-order valence-corrected chi connectivity index (χ3v) is 2.93. The molecule has 0 aliphatic carbocycles. The van der Waals surface area contributed by atoms with Crippen LogP contribution in [-0.2, 0) is 0 Å². The molecule has 3 nitrogen and oxygen atoms in total. The molecule has 1 aromatic carbocycles. The lowest BCUT2D eigenvalue weighted by Gasteiger charge is -2.12. The number of hydrogen-bond donors (Lipinski definition) is 0. The highest BCUT2D eigenvalue weighted by atomic mass is 16.5. The Balaban J connectivity index is 2.32. The first-order chi connectivity index (χ1) is 9.10. The Hall–Kier alpha value is -2.34. The number of rotatable bonds is 3. The molecule has 0 bridgehead atoms. The molecule has 0 unspecified atom stereocenters. The van der Waals surface area contributed by atoms with E-state index >= 15 is 0 Å². The van der Waals surface area contributed by atoms with E-state index in [1.54, 1.807) is 18.2 Å². The Morgan fingerprint density at radius 3 is 2.68 bits per heavy atom. The van der Waals surface area contributed by atoms with Gasteiger partial charge in [-0.3, -0.25) is 0 Å². The molecule has 96 valence electrons. The van der Waals surface area contributed by atoms with E-state index in [1.165, 1.54) is 5.56 Å². The molecule has 1 aromatic heterocycles. The lowest BCUT2D eigenvalue weighted by molar-refractivity contribution is 0.458. The molecule has 2 rings (SSSR count). The predicted octanol–water partition coefficient (Wildman–Crippen LogP) is 4.18. The van der Waals surface area contributed by atoms with E-state index in [4.69, 9.17) is 10.00 Å². The highest BCUT2D eigenvalue weighted by molar-refractivity contribution is 5.40. The quantitative estimate of drug-likeness (QED) is 0.823. The van der Waals surface area contributed by atoms with E-state index in [-0.39, 0.29) is 0 Å². The minimum atomic E-state index is 0.357. The molecule has 0 N–H and O–H groups in total. The smallest absolute Gasteiger partial charge is 0.220 e. The average molecular weight is 252 g/mol. The molecule has 2 aromatic rings. The number of pyridine rings is 1. The van der Waals surface area contributed by atoms with Gasteiger partial charge in [-0.2, -0.15) is 5.26 Å². The maximum atomic E-state index is 8.83. The molecule has 1 heterocycles. The van der Waals surface area contributed by atoms with Crippen LogP contribution >= 0.6 is 0 Å². The Morgan fingerprint density at radius 2 is 2.00 bits per heavy atom. The molecular formula is C16H16N2O. The summed E-state index contributed by atoms with van der Waals surface area (Å²) in [5.41, 5.74) is 2.63. The van der Waals surface area contributed by atoms with E-state index in [2.05, 4.69) is 24.9 Å². The van der Waals surface area contributed by atoms with Crippen LogP contribution in [-0.4, -0.2) is 4.98 Å².